The molecule has 26 heavy (non-hydrogen) atoms. The normalized spacial score (nSPS) is 22.4. The molecule has 3 amide bonds. The quantitative estimate of drug-likeness (QED) is 0.795. The highest BCUT2D eigenvalue weighted by molar-refractivity contribution is 7.12. The van der Waals surface area contributed by atoms with Crippen molar-refractivity contribution in [2.75, 3.05) is 10.2 Å². The number of carbonyl (C=O) groups is 3. The van der Waals surface area contributed by atoms with E-state index in [4.69, 9.17) is 11.6 Å². The molecule has 1 aliphatic heterocycles. The topological polar surface area (TPSA) is 66.5 Å². The number of nitrogens with one attached hydrogen (secondary N) is 1. The lowest BCUT2D eigenvalue weighted by molar-refractivity contribution is -0.122. The van der Waals surface area contributed by atoms with Crippen molar-refractivity contribution in [1.29, 1.82) is 0 Å². The fraction of sp³-hybridized carbons (Fsp3) is 0.316. The molecular formula is C19H17ClN2O3S. The fourth-order valence-electron chi connectivity index (χ4n) is 3.75. The van der Waals surface area contributed by atoms with Crippen LogP contribution in [0.15, 0.2) is 35.7 Å². The zero-order valence-electron chi connectivity index (χ0n) is 13.9. The molecule has 1 aliphatic carbocycles. The van der Waals surface area contributed by atoms with Gasteiger partial charge in [0, 0.05) is 0 Å². The maximum atomic E-state index is 12.7. The molecule has 0 radical (unpaired) electrons. The molecule has 2 heterocycles. The first-order valence-corrected chi connectivity index (χ1v) is 9.84. The van der Waals surface area contributed by atoms with Gasteiger partial charge in [0.2, 0.25) is 11.8 Å². The molecule has 2 aromatic rings. The number of benzene rings is 1. The minimum Gasteiger partial charge on any atom is -0.320 e. The second-order valence-electron chi connectivity index (χ2n) is 6.60. The Morgan fingerprint density at radius 1 is 1.12 bits per heavy atom. The van der Waals surface area contributed by atoms with Crippen LogP contribution < -0.4 is 10.2 Å². The average molecular weight is 389 g/mol. The lowest BCUT2D eigenvalue weighted by Gasteiger charge is -2.19. The molecule has 0 spiro atoms. The molecule has 134 valence electrons. The van der Waals surface area contributed by atoms with Crippen LogP contribution in [0.25, 0.3) is 0 Å². The van der Waals surface area contributed by atoms with Crippen LogP contribution in [-0.4, -0.2) is 17.7 Å². The number of imide groups is 1. The first-order chi connectivity index (χ1) is 12.6. The van der Waals surface area contributed by atoms with Crippen LogP contribution >= 0.6 is 22.9 Å². The van der Waals surface area contributed by atoms with Crippen LogP contribution in [0.4, 0.5) is 11.4 Å². The summed E-state index contributed by atoms with van der Waals surface area (Å²) in [6, 6.07) is 8.38. The van der Waals surface area contributed by atoms with E-state index in [9.17, 15) is 14.4 Å². The maximum absolute atomic E-state index is 12.7. The monoisotopic (exact) mass is 388 g/mol. The number of hydrogen-bond acceptors (Lipinski definition) is 4. The second kappa shape index (κ2) is 6.85. The van der Waals surface area contributed by atoms with Crippen molar-refractivity contribution in [2.24, 2.45) is 11.8 Å². The van der Waals surface area contributed by atoms with Crippen LogP contribution in [0.3, 0.4) is 0 Å². The standard InChI is InChI=1S/C19H17ClN2O3S/c20-14-10-11(7-8-15(14)21-17(23)16-6-3-9-26-16)22-18(24)12-4-1-2-5-13(12)19(22)25/h3,6-10,12-13H,1-2,4-5H2,(H,21,23)/t12-,13-/m0/s1. The Kier molecular flexibility index (Phi) is 4.54. The Hall–Kier alpha value is -2.18. The van der Waals surface area contributed by atoms with Gasteiger partial charge >= 0.3 is 0 Å². The SMILES string of the molecule is O=C(Nc1ccc(N2C(=O)[C@H]3CCCC[C@@H]3C2=O)cc1Cl)c1cccs1. The van der Waals surface area contributed by atoms with E-state index < -0.39 is 0 Å². The van der Waals surface area contributed by atoms with Gasteiger partial charge in [0.1, 0.15) is 0 Å². The molecule has 4 rings (SSSR count). The summed E-state index contributed by atoms with van der Waals surface area (Å²) in [5, 5.41) is 4.87. The van der Waals surface area contributed by atoms with Crippen molar-refractivity contribution >= 4 is 52.0 Å². The largest absolute Gasteiger partial charge is 0.320 e. The van der Waals surface area contributed by atoms with Crippen molar-refractivity contribution in [3.63, 3.8) is 0 Å². The number of nitrogens with zero attached hydrogens (tertiary/aromatic N) is 1. The summed E-state index contributed by atoms with van der Waals surface area (Å²) in [6.45, 7) is 0. The molecular weight excluding hydrogens is 372 g/mol. The minimum atomic E-state index is -0.242. The van der Waals surface area contributed by atoms with Crippen molar-refractivity contribution in [3.05, 3.63) is 45.6 Å². The Balaban J connectivity index is 1.57. The molecule has 2 fully saturated rings. The van der Waals surface area contributed by atoms with Gasteiger partial charge in [0.25, 0.3) is 5.91 Å². The third-order valence-corrected chi connectivity index (χ3v) is 6.23. The highest BCUT2D eigenvalue weighted by Gasteiger charge is 2.48. The second-order valence-corrected chi connectivity index (χ2v) is 7.96. The van der Waals surface area contributed by atoms with E-state index in [1.807, 2.05) is 5.38 Å². The minimum absolute atomic E-state index is 0.133. The number of anilines is 2. The predicted octanol–water partition coefficient (Wildman–Crippen LogP) is 4.33. The van der Waals surface area contributed by atoms with E-state index in [-0.39, 0.29) is 29.6 Å². The van der Waals surface area contributed by atoms with Crippen molar-refractivity contribution in [1.82, 2.24) is 0 Å². The van der Waals surface area contributed by atoms with Gasteiger partial charge in [-0.05, 0) is 42.5 Å². The highest BCUT2D eigenvalue weighted by atomic mass is 35.5. The summed E-state index contributed by atoms with van der Waals surface area (Å²) in [5.41, 5.74) is 0.916. The molecule has 1 aromatic carbocycles. The molecule has 0 bridgehead atoms. The highest BCUT2D eigenvalue weighted by Crippen LogP contribution is 2.41. The third-order valence-electron chi connectivity index (χ3n) is 5.05. The average Bonchev–Trinajstić information content (AvgIpc) is 3.26. The Bertz CT molecular complexity index is 857. The summed E-state index contributed by atoms with van der Waals surface area (Å²) >= 11 is 7.64. The summed E-state index contributed by atoms with van der Waals surface area (Å²) < 4.78 is 0. The molecule has 1 saturated carbocycles. The smallest absolute Gasteiger partial charge is 0.265 e. The van der Waals surface area contributed by atoms with Gasteiger partial charge in [-0.15, -0.1) is 11.3 Å². The van der Waals surface area contributed by atoms with Crippen LogP contribution in [0.2, 0.25) is 5.02 Å². The van der Waals surface area contributed by atoms with E-state index in [1.54, 1.807) is 30.3 Å². The molecule has 2 atom stereocenters. The summed E-state index contributed by atoms with van der Waals surface area (Å²) in [7, 11) is 0. The van der Waals surface area contributed by atoms with Gasteiger partial charge in [-0.3, -0.25) is 19.3 Å². The fourth-order valence-corrected chi connectivity index (χ4v) is 4.59. The van der Waals surface area contributed by atoms with E-state index in [2.05, 4.69) is 5.32 Å². The van der Waals surface area contributed by atoms with Crippen molar-refractivity contribution < 1.29 is 14.4 Å². The van der Waals surface area contributed by atoms with Crippen LogP contribution in [0.5, 0.6) is 0 Å². The summed E-state index contributed by atoms with van der Waals surface area (Å²) in [5.74, 6) is -0.910. The van der Waals surface area contributed by atoms with Crippen LogP contribution in [-0.2, 0) is 9.59 Å². The molecule has 1 N–H and O–H groups in total. The van der Waals surface area contributed by atoms with E-state index in [0.29, 0.717) is 21.3 Å². The molecule has 2 aliphatic rings. The number of carbonyl (C=O) groups excluding carboxylic acids is 3. The number of halogens is 1. The number of hydrogen-bond donors (Lipinski definition) is 1. The third kappa shape index (κ3) is 2.93. The Labute approximate surface area is 159 Å². The Morgan fingerprint density at radius 2 is 1.81 bits per heavy atom. The molecule has 1 saturated heterocycles. The number of rotatable bonds is 3. The number of fused-ring (bicyclic) bond motifs is 1. The van der Waals surface area contributed by atoms with E-state index in [1.165, 1.54) is 16.2 Å². The molecule has 0 unspecified atom stereocenters. The summed E-state index contributed by atoms with van der Waals surface area (Å²) in [6.07, 6.45) is 3.52. The van der Waals surface area contributed by atoms with Gasteiger partial charge in [-0.2, -0.15) is 0 Å². The summed E-state index contributed by atoms with van der Waals surface area (Å²) in [4.78, 5) is 39.4. The lowest BCUT2D eigenvalue weighted by atomic mass is 9.81. The Morgan fingerprint density at radius 3 is 2.38 bits per heavy atom. The van der Waals surface area contributed by atoms with Crippen molar-refractivity contribution in [3.8, 4) is 0 Å². The number of thiophene rings is 1. The van der Waals surface area contributed by atoms with E-state index >= 15 is 0 Å². The predicted molar refractivity (Wildman–Crippen MR) is 102 cm³/mol. The molecule has 7 heteroatoms. The van der Waals surface area contributed by atoms with Gasteiger partial charge in [0.15, 0.2) is 0 Å². The zero-order chi connectivity index (χ0) is 18.3. The lowest BCUT2D eigenvalue weighted by Crippen LogP contribution is -2.30. The van der Waals surface area contributed by atoms with Crippen molar-refractivity contribution in [2.45, 2.75) is 25.7 Å². The number of amides is 3. The molecule has 1 aromatic heterocycles. The van der Waals surface area contributed by atoms with Gasteiger partial charge in [-0.25, -0.2) is 0 Å². The van der Waals surface area contributed by atoms with Crippen LogP contribution in [0.1, 0.15) is 35.4 Å². The van der Waals surface area contributed by atoms with Gasteiger partial charge in [-0.1, -0.05) is 30.5 Å². The maximum Gasteiger partial charge on any atom is 0.265 e. The van der Waals surface area contributed by atoms with Gasteiger partial charge < -0.3 is 5.32 Å². The first kappa shape index (κ1) is 17.2. The zero-order valence-corrected chi connectivity index (χ0v) is 15.5. The molecule has 5 nitrogen and oxygen atoms in total. The van der Waals surface area contributed by atoms with Crippen LogP contribution in [0, 0.1) is 11.8 Å². The van der Waals surface area contributed by atoms with Gasteiger partial charge in [0.05, 0.1) is 33.1 Å². The first-order valence-electron chi connectivity index (χ1n) is 8.58. The van der Waals surface area contributed by atoms with E-state index in [0.717, 1.165) is 25.7 Å².